The van der Waals surface area contributed by atoms with Gasteiger partial charge >= 0.3 is 0 Å². The highest BCUT2D eigenvalue weighted by Gasteiger charge is 2.27. The van der Waals surface area contributed by atoms with E-state index in [-0.39, 0.29) is 4.90 Å². The predicted molar refractivity (Wildman–Crippen MR) is 118 cm³/mol. The van der Waals surface area contributed by atoms with Crippen molar-refractivity contribution in [2.24, 2.45) is 4.99 Å². The van der Waals surface area contributed by atoms with Crippen molar-refractivity contribution in [2.75, 3.05) is 40.0 Å². The van der Waals surface area contributed by atoms with Gasteiger partial charge in [0.15, 0.2) is 10.6 Å². The third-order valence-electron chi connectivity index (χ3n) is 4.83. The van der Waals surface area contributed by atoms with Crippen molar-refractivity contribution in [3.63, 3.8) is 0 Å². The van der Waals surface area contributed by atoms with Gasteiger partial charge in [0.05, 0.1) is 47.4 Å². The standard InChI is InChI=1S/C20H22ClN3O5S2/c1-27-10-8-24-18(19-3-2-9-29-19)14-30-20(24)22-17-13-15(4-5-16(17)21)31(25,26)23-6-11-28-12-7-23/h2-5,9,13-14H,6-8,10-12H2,1H3. The van der Waals surface area contributed by atoms with Crippen molar-refractivity contribution in [3.8, 4) is 11.5 Å². The van der Waals surface area contributed by atoms with Gasteiger partial charge in [-0.2, -0.15) is 4.31 Å². The highest BCUT2D eigenvalue weighted by atomic mass is 35.5. The molecule has 3 aromatic rings. The van der Waals surface area contributed by atoms with Crippen LogP contribution in [-0.4, -0.2) is 57.3 Å². The maximum absolute atomic E-state index is 13.0. The number of aromatic nitrogens is 1. The Morgan fingerprint density at radius 1 is 1.26 bits per heavy atom. The van der Waals surface area contributed by atoms with Crippen LogP contribution < -0.4 is 4.80 Å². The summed E-state index contributed by atoms with van der Waals surface area (Å²) in [6, 6.07) is 8.28. The lowest BCUT2D eigenvalue weighted by atomic mass is 10.3. The number of benzene rings is 1. The normalized spacial score (nSPS) is 16.1. The van der Waals surface area contributed by atoms with Crippen LogP contribution in [0.25, 0.3) is 11.5 Å². The van der Waals surface area contributed by atoms with E-state index >= 15 is 0 Å². The molecule has 1 aliphatic rings. The largest absolute Gasteiger partial charge is 0.463 e. The van der Waals surface area contributed by atoms with Gasteiger partial charge in [-0.25, -0.2) is 13.4 Å². The molecule has 0 aliphatic carbocycles. The Balaban J connectivity index is 1.76. The predicted octanol–water partition coefficient (Wildman–Crippen LogP) is 3.36. The van der Waals surface area contributed by atoms with E-state index in [1.54, 1.807) is 19.4 Å². The average molecular weight is 484 g/mol. The summed E-state index contributed by atoms with van der Waals surface area (Å²) in [7, 11) is -2.02. The van der Waals surface area contributed by atoms with Crippen LogP contribution in [0.15, 0.2) is 56.3 Å². The average Bonchev–Trinajstić information content (AvgIpc) is 3.44. The minimum Gasteiger partial charge on any atom is -0.463 e. The Morgan fingerprint density at radius 3 is 2.77 bits per heavy atom. The first kappa shape index (κ1) is 22.3. The van der Waals surface area contributed by atoms with Crippen molar-refractivity contribution in [2.45, 2.75) is 11.4 Å². The number of methoxy groups -OCH3 is 1. The molecule has 0 spiro atoms. The van der Waals surface area contributed by atoms with Crippen molar-refractivity contribution >= 4 is 38.6 Å². The molecule has 0 radical (unpaired) electrons. The number of thiazole rings is 1. The van der Waals surface area contributed by atoms with Gasteiger partial charge in [0.2, 0.25) is 10.0 Å². The highest BCUT2D eigenvalue weighted by Crippen LogP contribution is 2.30. The molecule has 1 aliphatic heterocycles. The fraction of sp³-hybridized carbons (Fsp3) is 0.350. The van der Waals surface area contributed by atoms with E-state index in [4.69, 9.17) is 25.5 Å². The summed E-state index contributed by atoms with van der Waals surface area (Å²) in [5.74, 6) is 0.712. The number of hydrogen-bond acceptors (Lipinski definition) is 7. The van der Waals surface area contributed by atoms with Crippen LogP contribution in [0.2, 0.25) is 5.02 Å². The zero-order valence-corrected chi connectivity index (χ0v) is 19.3. The first-order chi connectivity index (χ1) is 15.0. The molecular formula is C20H22ClN3O5S2. The molecule has 1 fully saturated rings. The number of halogens is 1. The van der Waals surface area contributed by atoms with E-state index in [2.05, 4.69) is 4.99 Å². The molecule has 0 unspecified atom stereocenters. The Kier molecular flexibility index (Phi) is 6.95. The Bertz CT molecular complexity index is 1200. The Hall–Kier alpha value is -1.95. The van der Waals surface area contributed by atoms with Crippen LogP contribution in [-0.2, 0) is 26.0 Å². The van der Waals surface area contributed by atoms with E-state index in [1.165, 1.54) is 27.8 Å². The lowest BCUT2D eigenvalue weighted by molar-refractivity contribution is 0.0730. The zero-order chi connectivity index (χ0) is 21.8. The number of morpholine rings is 1. The number of sulfonamides is 1. The number of hydrogen-bond donors (Lipinski definition) is 0. The van der Waals surface area contributed by atoms with E-state index in [0.717, 1.165) is 5.69 Å². The topological polar surface area (TPSA) is 86.3 Å². The molecule has 0 saturated carbocycles. The smallest absolute Gasteiger partial charge is 0.243 e. The monoisotopic (exact) mass is 483 g/mol. The van der Waals surface area contributed by atoms with Crippen molar-refractivity contribution < 1.29 is 22.3 Å². The number of furan rings is 1. The van der Waals surface area contributed by atoms with Gasteiger partial charge in [-0.1, -0.05) is 11.6 Å². The number of nitrogens with zero attached hydrogens (tertiary/aromatic N) is 3. The van der Waals surface area contributed by atoms with Crippen molar-refractivity contribution in [3.05, 3.63) is 51.8 Å². The first-order valence-corrected chi connectivity index (χ1v) is 12.3. The molecule has 166 valence electrons. The quantitative estimate of drug-likeness (QED) is 0.514. The Morgan fingerprint density at radius 2 is 2.06 bits per heavy atom. The van der Waals surface area contributed by atoms with Crippen LogP contribution in [0.4, 0.5) is 5.69 Å². The third-order valence-corrected chi connectivity index (χ3v) is 7.91. The minimum atomic E-state index is -3.65. The summed E-state index contributed by atoms with van der Waals surface area (Å²) in [4.78, 5) is 5.50. The van der Waals surface area contributed by atoms with Crippen LogP contribution >= 0.6 is 22.9 Å². The summed E-state index contributed by atoms with van der Waals surface area (Å²) in [5, 5.41) is 2.31. The lowest BCUT2D eigenvalue weighted by Gasteiger charge is -2.26. The summed E-state index contributed by atoms with van der Waals surface area (Å²) in [5.41, 5.74) is 1.24. The van der Waals surface area contributed by atoms with Crippen molar-refractivity contribution in [1.29, 1.82) is 0 Å². The van der Waals surface area contributed by atoms with E-state index in [9.17, 15) is 8.42 Å². The van der Waals surface area contributed by atoms with Crippen molar-refractivity contribution in [1.82, 2.24) is 8.87 Å². The Labute approximate surface area is 189 Å². The molecule has 3 heterocycles. The van der Waals surface area contributed by atoms with Crippen LogP contribution in [0.5, 0.6) is 0 Å². The second-order valence-corrected chi connectivity index (χ2v) is 9.95. The molecule has 1 aromatic carbocycles. The summed E-state index contributed by atoms with van der Waals surface area (Å²) < 4.78 is 45.5. The maximum Gasteiger partial charge on any atom is 0.243 e. The van der Waals surface area contributed by atoms with E-state index in [1.807, 2.05) is 22.1 Å². The molecule has 2 aromatic heterocycles. The summed E-state index contributed by atoms with van der Waals surface area (Å²) in [6.45, 7) is 2.45. The molecule has 31 heavy (non-hydrogen) atoms. The van der Waals surface area contributed by atoms with Crippen LogP contribution in [0.3, 0.4) is 0 Å². The second kappa shape index (κ2) is 9.68. The van der Waals surface area contributed by atoms with Gasteiger partial charge in [-0.15, -0.1) is 11.3 Å². The third kappa shape index (κ3) is 4.79. The number of ether oxygens (including phenoxy) is 2. The van der Waals surface area contributed by atoms with Crippen LogP contribution in [0.1, 0.15) is 0 Å². The van der Waals surface area contributed by atoms with Crippen LogP contribution in [0, 0.1) is 0 Å². The SMILES string of the molecule is COCCn1c(-c2ccco2)csc1=Nc1cc(S(=O)(=O)N2CCOCC2)ccc1Cl. The molecule has 0 amide bonds. The molecule has 1 saturated heterocycles. The molecule has 4 rings (SSSR count). The van der Waals surface area contributed by atoms with Gasteiger partial charge in [-0.3, -0.25) is 0 Å². The fourth-order valence-electron chi connectivity index (χ4n) is 3.22. The highest BCUT2D eigenvalue weighted by molar-refractivity contribution is 7.89. The fourth-order valence-corrected chi connectivity index (χ4v) is 5.73. The minimum absolute atomic E-state index is 0.156. The zero-order valence-electron chi connectivity index (χ0n) is 16.9. The van der Waals surface area contributed by atoms with Gasteiger partial charge in [0.25, 0.3) is 0 Å². The molecule has 0 N–H and O–H groups in total. The van der Waals surface area contributed by atoms with E-state index < -0.39 is 10.0 Å². The van der Waals surface area contributed by atoms with Gasteiger partial charge in [0.1, 0.15) is 0 Å². The second-order valence-electron chi connectivity index (χ2n) is 6.77. The van der Waals surface area contributed by atoms with Gasteiger partial charge in [0, 0.05) is 32.1 Å². The summed E-state index contributed by atoms with van der Waals surface area (Å²) in [6.07, 6.45) is 1.61. The van der Waals surface area contributed by atoms with Gasteiger partial charge in [-0.05, 0) is 30.3 Å². The molecule has 11 heteroatoms. The van der Waals surface area contributed by atoms with Gasteiger partial charge < -0.3 is 18.5 Å². The lowest BCUT2D eigenvalue weighted by Crippen LogP contribution is -2.40. The molecular weight excluding hydrogens is 462 g/mol. The molecule has 0 atom stereocenters. The molecule has 8 nitrogen and oxygen atoms in total. The summed E-state index contributed by atoms with van der Waals surface area (Å²) >= 11 is 7.79. The maximum atomic E-state index is 13.0. The molecule has 0 bridgehead atoms. The number of rotatable bonds is 7. The van der Waals surface area contributed by atoms with E-state index in [0.29, 0.717) is 60.7 Å². The first-order valence-electron chi connectivity index (χ1n) is 9.64.